The quantitative estimate of drug-likeness (QED) is 0.498. The van der Waals surface area contributed by atoms with Crippen molar-refractivity contribution >= 4 is 5.97 Å². The van der Waals surface area contributed by atoms with Gasteiger partial charge in [-0.3, -0.25) is 0 Å². The first kappa shape index (κ1) is 11.2. The summed E-state index contributed by atoms with van der Waals surface area (Å²) in [4.78, 5) is 10.4. The zero-order chi connectivity index (χ0) is 9.78. The van der Waals surface area contributed by atoms with Crippen molar-refractivity contribution in [2.45, 2.75) is 13.3 Å². The fourth-order valence-corrected chi connectivity index (χ4v) is 0.703. The van der Waals surface area contributed by atoms with Crippen LogP contribution < -0.4 is 0 Å². The number of carboxylic acid groups (broad SMARTS) is 1. The van der Waals surface area contributed by atoms with Gasteiger partial charge < -0.3 is 9.59 Å². The van der Waals surface area contributed by atoms with Gasteiger partial charge in [-0.25, -0.2) is 4.79 Å². The highest BCUT2D eigenvalue weighted by Crippen LogP contribution is 2.04. The highest BCUT2D eigenvalue weighted by atomic mass is 16.4. The predicted molar refractivity (Wildman–Crippen MR) is 48.9 cm³/mol. The summed E-state index contributed by atoms with van der Waals surface area (Å²) in [5.41, 5.74) is 0.301. The average Bonchev–Trinajstić information content (AvgIpc) is 2.00. The molecule has 0 atom stereocenters. The van der Waals surface area contributed by atoms with E-state index < -0.39 is 5.97 Å². The highest BCUT2D eigenvalue weighted by molar-refractivity contribution is 5.85. The molecule has 0 fully saturated rings. The fourth-order valence-electron chi connectivity index (χ4n) is 0.703. The molecule has 0 aliphatic rings. The molecule has 0 heterocycles. The Hall–Kier alpha value is -0.830. The van der Waals surface area contributed by atoms with Crippen molar-refractivity contribution in [3.63, 3.8) is 0 Å². The van der Waals surface area contributed by atoms with Gasteiger partial charge in [0.1, 0.15) is 0 Å². The molecular formula is C9H18NO2+. The van der Waals surface area contributed by atoms with Gasteiger partial charge in [-0.1, -0.05) is 6.58 Å². The average molecular weight is 172 g/mol. The van der Waals surface area contributed by atoms with Crippen LogP contribution in [0.25, 0.3) is 0 Å². The van der Waals surface area contributed by atoms with Crippen LogP contribution in [-0.2, 0) is 4.79 Å². The van der Waals surface area contributed by atoms with Crippen LogP contribution in [0.4, 0.5) is 0 Å². The Balaban J connectivity index is 3.83. The molecule has 0 radical (unpaired) electrons. The van der Waals surface area contributed by atoms with Gasteiger partial charge in [-0.05, 0) is 6.92 Å². The smallest absolute Gasteiger partial charge is 0.331 e. The second-order valence-corrected chi connectivity index (χ2v) is 3.63. The third-order valence-corrected chi connectivity index (χ3v) is 2.18. The van der Waals surface area contributed by atoms with Crippen LogP contribution in [0.1, 0.15) is 13.3 Å². The molecule has 0 bridgehead atoms. The second kappa shape index (κ2) is 4.26. The van der Waals surface area contributed by atoms with E-state index in [9.17, 15) is 4.79 Å². The van der Waals surface area contributed by atoms with Crippen molar-refractivity contribution < 1.29 is 14.4 Å². The number of aliphatic carboxylic acids is 1. The van der Waals surface area contributed by atoms with E-state index in [1.54, 1.807) is 0 Å². The van der Waals surface area contributed by atoms with Crippen LogP contribution in [-0.4, -0.2) is 42.7 Å². The summed E-state index contributed by atoms with van der Waals surface area (Å²) in [6.45, 7) is 7.41. The largest absolute Gasteiger partial charge is 0.478 e. The molecule has 0 spiro atoms. The van der Waals surface area contributed by atoms with Gasteiger partial charge in [-0.2, -0.15) is 0 Å². The van der Waals surface area contributed by atoms with E-state index in [0.29, 0.717) is 12.0 Å². The minimum atomic E-state index is -0.883. The van der Waals surface area contributed by atoms with Crippen molar-refractivity contribution in [3.05, 3.63) is 12.2 Å². The number of carboxylic acids is 1. The molecule has 0 saturated heterocycles. The number of hydrogen-bond donors (Lipinski definition) is 1. The lowest BCUT2D eigenvalue weighted by atomic mass is 10.2. The Morgan fingerprint density at radius 2 is 2.00 bits per heavy atom. The van der Waals surface area contributed by atoms with Gasteiger partial charge in [0.05, 0.1) is 27.2 Å². The molecule has 3 nitrogen and oxygen atoms in total. The lowest BCUT2D eigenvalue weighted by Crippen LogP contribution is -2.40. The summed E-state index contributed by atoms with van der Waals surface area (Å²) >= 11 is 0. The lowest BCUT2D eigenvalue weighted by Gasteiger charge is -2.27. The third kappa shape index (κ3) is 4.13. The minimum absolute atomic E-state index is 0.301. The van der Waals surface area contributed by atoms with Crippen LogP contribution in [0, 0.1) is 0 Å². The molecule has 0 aliphatic heterocycles. The Morgan fingerprint density at radius 1 is 1.50 bits per heavy atom. The molecule has 12 heavy (non-hydrogen) atoms. The SMILES string of the molecule is C=C(CC[N+](C)(C)CC)C(=O)O. The van der Waals surface area contributed by atoms with Crippen molar-refractivity contribution in [2.24, 2.45) is 0 Å². The van der Waals surface area contributed by atoms with Gasteiger partial charge in [0.2, 0.25) is 0 Å². The van der Waals surface area contributed by atoms with Crippen molar-refractivity contribution in [1.82, 2.24) is 0 Å². The molecule has 0 aromatic heterocycles. The molecule has 0 aromatic carbocycles. The topological polar surface area (TPSA) is 37.3 Å². The van der Waals surface area contributed by atoms with Crippen molar-refractivity contribution in [3.8, 4) is 0 Å². The molecule has 0 aliphatic carbocycles. The van der Waals surface area contributed by atoms with Gasteiger partial charge >= 0.3 is 5.97 Å². The number of nitrogens with zero attached hydrogens (tertiary/aromatic N) is 1. The first-order chi connectivity index (χ1) is 5.39. The van der Waals surface area contributed by atoms with Crippen LogP contribution >= 0.6 is 0 Å². The number of hydrogen-bond acceptors (Lipinski definition) is 1. The summed E-state index contributed by atoms with van der Waals surface area (Å²) in [5.74, 6) is -0.883. The fraction of sp³-hybridized carbons (Fsp3) is 0.667. The molecule has 3 heteroatoms. The molecule has 0 saturated carbocycles. The first-order valence-electron chi connectivity index (χ1n) is 4.12. The van der Waals surface area contributed by atoms with E-state index in [1.165, 1.54) is 0 Å². The molecular weight excluding hydrogens is 154 g/mol. The van der Waals surface area contributed by atoms with E-state index in [2.05, 4.69) is 27.6 Å². The van der Waals surface area contributed by atoms with Crippen LogP contribution in [0.15, 0.2) is 12.2 Å². The molecule has 0 rings (SSSR count). The maximum absolute atomic E-state index is 10.4. The number of quaternary nitrogens is 1. The Morgan fingerprint density at radius 3 is 2.33 bits per heavy atom. The number of rotatable bonds is 5. The van der Waals surface area contributed by atoms with E-state index >= 15 is 0 Å². The molecule has 0 amide bonds. The first-order valence-corrected chi connectivity index (χ1v) is 4.12. The van der Waals surface area contributed by atoms with Gasteiger partial charge in [0.25, 0.3) is 0 Å². The van der Waals surface area contributed by atoms with E-state index in [1.807, 2.05) is 0 Å². The Kier molecular flexibility index (Phi) is 3.96. The summed E-state index contributed by atoms with van der Waals surface area (Å²) in [5, 5.41) is 8.55. The lowest BCUT2D eigenvalue weighted by molar-refractivity contribution is -0.888. The summed E-state index contributed by atoms with van der Waals surface area (Å²) in [6, 6.07) is 0. The molecule has 0 unspecified atom stereocenters. The van der Waals surface area contributed by atoms with Gasteiger partial charge in [-0.15, -0.1) is 0 Å². The zero-order valence-electron chi connectivity index (χ0n) is 8.13. The highest BCUT2D eigenvalue weighted by Gasteiger charge is 2.14. The van der Waals surface area contributed by atoms with Crippen molar-refractivity contribution in [2.75, 3.05) is 27.2 Å². The number of carbonyl (C=O) groups is 1. The molecule has 70 valence electrons. The van der Waals surface area contributed by atoms with E-state index in [-0.39, 0.29) is 0 Å². The minimum Gasteiger partial charge on any atom is -0.478 e. The normalized spacial score (nSPS) is 11.2. The summed E-state index contributed by atoms with van der Waals surface area (Å²) < 4.78 is 0.840. The Labute approximate surface area is 73.9 Å². The molecule has 1 N–H and O–H groups in total. The van der Waals surface area contributed by atoms with E-state index in [4.69, 9.17) is 5.11 Å². The van der Waals surface area contributed by atoms with Crippen LogP contribution in [0.2, 0.25) is 0 Å². The predicted octanol–water partition coefficient (Wildman–Crippen LogP) is 1.11. The third-order valence-electron chi connectivity index (χ3n) is 2.18. The van der Waals surface area contributed by atoms with Crippen LogP contribution in [0.5, 0.6) is 0 Å². The maximum Gasteiger partial charge on any atom is 0.331 e. The summed E-state index contributed by atoms with van der Waals surface area (Å²) in [7, 11) is 4.16. The van der Waals surface area contributed by atoms with Gasteiger partial charge in [0.15, 0.2) is 0 Å². The van der Waals surface area contributed by atoms with Crippen LogP contribution in [0.3, 0.4) is 0 Å². The van der Waals surface area contributed by atoms with Crippen molar-refractivity contribution in [1.29, 1.82) is 0 Å². The van der Waals surface area contributed by atoms with Gasteiger partial charge in [0, 0.05) is 12.0 Å². The summed E-state index contributed by atoms with van der Waals surface area (Å²) in [6.07, 6.45) is 0.566. The monoisotopic (exact) mass is 172 g/mol. The van der Waals surface area contributed by atoms with E-state index in [0.717, 1.165) is 17.6 Å². The standard InChI is InChI=1S/C9H17NO2/c1-5-10(3,4)7-6-8(2)9(11)12/h2,5-7H2,1,3-4H3/p+1. The second-order valence-electron chi connectivity index (χ2n) is 3.63. The molecule has 0 aromatic rings. The zero-order valence-corrected chi connectivity index (χ0v) is 8.13. The Bertz CT molecular complexity index is 185. The maximum atomic E-state index is 10.4.